The summed E-state index contributed by atoms with van der Waals surface area (Å²) in [6, 6.07) is 0.144. The monoisotopic (exact) mass is 142 g/mol. The van der Waals surface area contributed by atoms with Gasteiger partial charge in [0.25, 0.3) is 0 Å². The molecule has 0 aliphatic heterocycles. The van der Waals surface area contributed by atoms with Gasteiger partial charge in [0.1, 0.15) is 5.01 Å². The van der Waals surface area contributed by atoms with Gasteiger partial charge in [0, 0.05) is 11.6 Å². The molecule has 0 unspecified atom stereocenters. The Kier molecular flexibility index (Phi) is 2.19. The Hall–Kier alpha value is -0.410. The summed E-state index contributed by atoms with van der Waals surface area (Å²) in [4.78, 5) is 4.08. The zero-order valence-electron chi connectivity index (χ0n) is 5.37. The fourth-order valence-corrected chi connectivity index (χ4v) is 1.32. The minimum atomic E-state index is 0.144. The second-order valence-corrected chi connectivity index (χ2v) is 2.81. The molecule has 0 aliphatic rings. The molecule has 0 aliphatic carbocycles. The maximum Gasteiger partial charge on any atom is 0.109 e. The average molecular weight is 142 g/mol. The molecule has 2 nitrogen and oxygen atoms in total. The van der Waals surface area contributed by atoms with Gasteiger partial charge in [0.15, 0.2) is 0 Å². The molecule has 0 aromatic carbocycles. The highest BCUT2D eigenvalue weighted by Gasteiger charge is 2.03. The van der Waals surface area contributed by atoms with E-state index < -0.39 is 0 Å². The van der Waals surface area contributed by atoms with E-state index in [1.165, 1.54) is 0 Å². The zero-order chi connectivity index (χ0) is 6.69. The Bertz CT molecular complexity index is 160. The van der Waals surface area contributed by atoms with Gasteiger partial charge in [-0.1, -0.05) is 6.92 Å². The van der Waals surface area contributed by atoms with Crippen molar-refractivity contribution in [3.8, 4) is 0 Å². The molecule has 0 spiro atoms. The van der Waals surface area contributed by atoms with Gasteiger partial charge in [0.05, 0.1) is 6.04 Å². The van der Waals surface area contributed by atoms with Crippen LogP contribution in [0.4, 0.5) is 0 Å². The number of nitrogens with zero attached hydrogens (tertiary/aromatic N) is 1. The maximum atomic E-state index is 5.69. The van der Waals surface area contributed by atoms with Crippen molar-refractivity contribution in [2.45, 2.75) is 19.4 Å². The van der Waals surface area contributed by atoms with Crippen molar-refractivity contribution in [1.29, 1.82) is 0 Å². The molecular weight excluding hydrogens is 132 g/mol. The van der Waals surface area contributed by atoms with E-state index in [-0.39, 0.29) is 6.04 Å². The molecule has 0 saturated carbocycles. The molecule has 3 heteroatoms. The van der Waals surface area contributed by atoms with E-state index in [1.807, 2.05) is 5.38 Å². The van der Waals surface area contributed by atoms with Crippen LogP contribution >= 0.6 is 11.3 Å². The molecule has 1 atom stereocenters. The van der Waals surface area contributed by atoms with Gasteiger partial charge in [-0.2, -0.15) is 0 Å². The minimum Gasteiger partial charge on any atom is -0.322 e. The first-order valence-corrected chi connectivity index (χ1v) is 3.87. The van der Waals surface area contributed by atoms with Gasteiger partial charge in [-0.05, 0) is 6.42 Å². The van der Waals surface area contributed by atoms with Crippen molar-refractivity contribution in [2.75, 3.05) is 0 Å². The first-order chi connectivity index (χ1) is 4.34. The highest BCUT2D eigenvalue weighted by molar-refractivity contribution is 7.09. The van der Waals surface area contributed by atoms with E-state index >= 15 is 0 Å². The quantitative estimate of drug-likeness (QED) is 0.680. The molecule has 2 N–H and O–H groups in total. The van der Waals surface area contributed by atoms with Crippen LogP contribution in [0.2, 0.25) is 0 Å². The van der Waals surface area contributed by atoms with E-state index in [0.29, 0.717) is 0 Å². The summed E-state index contributed by atoms with van der Waals surface area (Å²) in [5, 5.41) is 2.99. The lowest BCUT2D eigenvalue weighted by molar-refractivity contribution is 0.693. The molecule has 0 bridgehead atoms. The van der Waals surface area contributed by atoms with Gasteiger partial charge in [-0.25, -0.2) is 4.98 Å². The normalized spacial score (nSPS) is 13.6. The topological polar surface area (TPSA) is 38.9 Å². The lowest BCUT2D eigenvalue weighted by atomic mass is 10.3. The summed E-state index contributed by atoms with van der Waals surface area (Å²) >= 11 is 1.62. The molecule has 1 aromatic rings. The molecule has 0 amide bonds. The first-order valence-electron chi connectivity index (χ1n) is 2.99. The standard InChI is InChI=1S/C6H10N2S/c1-2-5(7)6-8-3-4-9-6/h3-5H,2,7H2,1H3/t5-/m1/s1. The second-order valence-electron chi connectivity index (χ2n) is 1.89. The van der Waals surface area contributed by atoms with E-state index in [9.17, 15) is 0 Å². The predicted octanol–water partition coefficient (Wildman–Crippen LogP) is 1.55. The number of nitrogens with two attached hydrogens (primary N) is 1. The summed E-state index contributed by atoms with van der Waals surface area (Å²) in [6.45, 7) is 2.06. The molecule has 0 fully saturated rings. The third-order valence-corrected chi connectivity index (χ3v) is 2.12. The molecule has 0 saturated heterocycles. The fourth-order valence-electron chi connectivity index (χ4n) is 0.592. The van der Waals surface area contributed by atoms with Crippen LogP contribution < -0.4 is 5.73 Å². The van der Waals surface area contributed by atoms with Crippen LogP contribution in [0.25, 0.3) is 0 Å². The Morgan fingerprint density at radius 1 is 1.89 bits per heavy atom. The van der Waals surface area contributed by atoms with Crippen molar-refractivity contribution in [3.63, 3.8) is 0 Å². The molecule has 1 heterocycles. The SMILES string of the molecule is CC[C@@H](N)c1nccs1. The highest BCUT2D eigenvalue weighted by Crippen LogP contribution is 2.14. The number of hydrogen-bond donors (Lipinski definition) is 1. The smallest absolute Gasteiger partial charge is 0.109 e. The Balaban J connectivity index is 2.65. The van der Waals surface area contributed by atoms with Crippen LogP contribution in [0.1, 0.15) is 24.4 Å². The van der Waals surface area contributed by atoms with Crippen LogP contribution in [0.5, 0.6) is 0 Å². The van der Waals surface area contributed by atoms with Gasteiger partial charge < -0.3 is 5.73 Å². The summed E-state index contributed by atoms with van der Waals surface area (Å²) in [7, 11) is 0. The minimum absolute atomic E-state index is 0.144. The third kappa shape index (κ3) is 1.50. The molecule has 50 valence electrons. The van der Waals surface area contributed by atoms with Crippen LogP contribution in [-0.4, -0.2) is 4.98 Å². The van der Waals surface area contributed by atoms with E-state index in [4.69, 9.17) is 5.73 Å². The van der Waals surface area contributed by atoms with Gasteiger partial charge >= 0.3 is 0 Å². The maximum absolute atomic E-state index is 5.69. The predicted molar refractivity (Wildman–Crippen MR) is 39.3 cm³/mol. The van der Waals surface area contributed by atoms with Gasteiger partial charge in [-0.3, -0.25) is 0 Å². The van der Waals surface area contributed by atoms with Crippen molar-refractivity contribution < 1.29 is 0 Å². The van der Waals surface area contributed by atoms with Crippen LogP contribution in [0.15, 0.2) is 11.6 Å². The van der Waals surface area contributed by atoms with Crippen molar-refractivity contribution >= 4 is 11.3 Å². The Morgan fingerprint density at radius 3 is 3.11 bits per heavy atom. The molecule has 1 rings (SSSR count). The Labute approximate surface area is 58.7 Å². The Morgan fingerprint density at radius 2 is 2.67 bits per heavy atom. The molecule has 1 aromatic heterocycles. The number of hydrogen-bond acceptors (Lipinski definition) is 3. The van der Waals surface area contributed by atoms with Crippen molar-refractivity contribution in [3.05, 3.63) is 16.6 Å². The van der Waals surface area contributed by atoms with Crippen LogP contribution in [0.3, 0.4) is 0 Å². The number of rotatable bonds is 2. The molecule has 9 heavy (non-hydrogen) atoms. The average Bonchev–Trinajstić information content (AvgIpc) is 2.37. The highest BCUT2D eigenvalue weighted by atomic mass is 32.1. The second kappa shape index (κ2) is 2.94. The molecule has 0 radical (unpaired) electrons. The fraction of sp³-hybridized carbons (Fsp3) is 0.500. The largest absolute Gasteiger partial charge is 0.322 e. The van der Waals surface area contributed by atoms with Crippen molar-refractivity contribution in [2.24, 2.45) is 5.73 Å². The first kappa shape index (κ1) is 6.71. The zero-order valence-corrected chi connectivity index (χ0v) is 6.19. The lowest BCUT2D eigenvalue weighted by Crippen LogP contribution is -2.07. The summed E-state index contributed by atoms with van der Waals surface area (Å²) in [5.74, 6) is 0. The number of thiazole rings is 1. The number of aromatic nitrogens is 1. The van der Waals surface area contributed by atoms with E-state index in [1.54, 1.807) is 17.5 Å². The van der Waals surface area contributed by atoms with E-state index in [0.717, 1.165) is 11.4 Å². The summed E-state index contributed by atoms with van der Waals surface area (Å²) < 4.78 is 0. The van der Waals surface area contributed by atoms with E-state index in [2.05, 4.69) is 11.9 Å². The summed E-state index contributed by atoms with van der Waals surface area (Å²) in [5.41, 5.74) is 5.69. The van der Waals surface area contributed by atoms with Gasteiger partial charge in [0.2, 0.25) is 0 Å². The third-order valence-electron chi connectivity index (χ3n) is 1.21. The van der Waals surface area contributed by atoms with Crippen LogP contribution in [0, 0.1) is 0 Å². The van der Waals surface area contributed by atoms with Crippen molar-refractivity contribution in [1.82, 2.24) is 4.98 Å². The van der Waals surface area contributed by atoms with Crippen LogP contribution in [-0.2, 0) is 0 Å². The lowest BCUT2D eigenvalue weighted by Gasteiger charge is -2.01. The molecular formula is C6H10N2S. The summed E-state index contributed by atoms with van der Waals surface area (Å²) in [6.07, 6.45) is 2.75. The van der Waals surface area contributed by atoms with Gasteiger partial charge in [-0.15, -0.1) is 11.3 Å².